The predicted octanol–water partition coefficient (Wildman–Crippen LogP) is 3.98. The van der Waals surface area contributed by atoms with Crippen molar-refractivity contribution in [2.24, 2.45) is 0 Å². The lowest BCUT2D eigenvalue weighted by atomic mass is 10.2. The third kappa shape index (κ3) is 3.73. The Hall–Kier alpha value is -2.07. The monoisotopic (exact) mass is 307 g/mol. The van der Waals surface area contributed by atoms with Crippen LogP contribution in [-0.4, -0.2) is 21.3 Å². The maximum atomic E-state index is 6.15. The van der Waals surface area contributed by atoms with Crippen LogP contribution < -0.4 is 19.5 Å². The van der Waals surface area contributed by atoms with Crippen LogP contribution in [0.2, 0.25) is 5.02 Å². The number of halogens is 1. The number of ether oxygens (including phenoxy) is 3. The van der Waals surface area contributed by atoms with Crippen LogP contribution in [0.4, 0.5) is 5.69 Å². The Labute approximate surface area is 129 Å². The Balaban J connectivity index is 2.17. The molecule has 0 saturated heterocycles. The van der Waals surface area contributed by atoms with Gasteiger partial charge in [0.1, 0.15) is 17.2 Å². The molecule has 21 heavy (non-hydrogen) atoms. The van der Waals surface area contributed by atoms with Gasteiger partial charge in [0.15, 0.2) is 0 Å². The molecular weight excluding hydrogens is 290 g/mol. The molecule has 0 bridgehead atoms. The molecule has 2 rings (SSSR count). The van der Waals surface area contributed by atoms with Crippen LogP contribution in [0.3, 0.4) is 0 Å². The fourth-order valence-corrected chi connectivity index (χ4v) is 2.22. The number of rotatable bonds is 6. The number of benzene rings is 2. The number of nitrogens with one attached hydrogen (secondary N) is 1. The van der Waals surface area contributed by atoms with Crippen LogP contribution in [0, 0.1) is 0 Å². The molecule has 0 saturated carbocycles. The Morgan fingerprint density at radius 1 is 0.952 bits per heavy atom. The number of hydrogen-bond donors (Lipinski definition) is 1. The van der Waals surface area contributed by atoms with Crippen molar-refractivity contribution in [3.63, 3.8) is 0 Å². The molecule has 0 aromatic heterocycles. The second-order valence-electron chi connectivity index (χ2n) is 4.39. The first kappa shape index (κ1) is 15.3. The highest BCUT2D eigenvalue weighted by molar-refractivity contribution is 6.32. The topological polar surface area (TPSA) is 39.7 Å². The van der Waals surface area contributed by atoms with Gasteiger partial charge in [-0.2, -0.15) is 0 Å². The summed E-state index contributed by atoms with van der Waals surface area (Å²) in [4.78, 5) is 0. The van der Waals surface area contributed by atoms with E-state index in [9.17, 15) is 0 Å². The van der Waals surface area contributed by atoms with Gasteiger partial charge in [-0.05, 0) is 23.8 Å². The van der Waals surface area contributed by atoms with Gasteiger partial charge < -0.3 is 19.5 Å². The summed E-state index contributed by atoms with van der Waals surface area (Å²) >= 11 is 6.15. The molecule has 2 aromatic rings. The zero-order valence-electron chi connectivity index (χ0n) is 12.3. The van der Waals surface area contributed by atoms with E-state index in [2.05, 4.69) is 5.32 Å². The van der Waals surface area contributed by atoms with Gasteiger partial charge in [-0.15, -0.1) is 0 Å². The Morgan fingerprint density at radius 2 is 1.71 bits per heavy atom. The summed E-state index contributed by atoms with van der Waals surface area (Å²) in [5.41, 5.74) is 1.91. The van der Waals surface area contributed by atoms with Crippen molar-refractivity contribution in [2.45, 2.75) is 6.54 Å². The van der Waals surface area contributed by atoms with E-state index in [1.807, 2.05) is 24.3 Å². The summed E-state index contributed by atoms with van der Waals surface area (Å²) in [5, 5.41) is 3.84. The Bertz CT molecular complexity index is 616. The quantitative estimate of drug-likeness (QED) is 0.876. The van der Waals surface area contributed by atoms with E-state index in [-0.39, 0.29) is 0 Å². The lowest BCUT2D eigenvalue weighted by Crippen LogP contribution is -2.02. The lowest BCUT2D eigenvalue weighted by molar-refractivity contribution is 0.395. The van der Waals surface area contributed by atoms with Crippen LogP contribution in [0.25, 0.3) is 0 Å². The van der Waals surface area contributed by atoms with Crippen molar-refractivity contribution in [2.75, 3.05) is 26.6 Å². The van der Waals surface area contributed by atoms with Crippen LogP contribution in [-0.2, 0) is 6.54 Å². The van der Waals surface area contributed by atoms with E-state index < -0.39 is 0 Å². The van der Waals surface area contributed by atoms with Crippen LogP contribution in [0.5, 0.6) is 17.2 Å². The summed E-state index contributed by atoms with van der Waals surface area (Å²) in [7, 11) is 4.84. The minimum absolute atomic E-state index is 0.534. The normalized spacial score (nSPS) is 10.1. The van der Waals surface area contributed by atoms with Crippen molar-refractivity contribution < 1.29 is 14.2 Å². The average molecular weight is 308 g/mol. The summed E-state index contributed by atoms with van der Waals surface area (Å²) in [6.07, 6.45) is 0. The van der Waals surface area contributed by atoms with Gasteiger partial charge in [-0.1, -0.05) is 23.7 Å². The molecule has 0 heterocycles. The SMILES string of the molecule is COc1cccc(CNc2cc(Cl)c(OC)cc2OC)c1. The molecule has 0 fully saturated rings. The van der Waals surface area contributed by atoms with E-state index in [4.69, 9.17) is 25.8 Å². The van der Waals surface area contributed by atoms with Crippen molar-refractivity contribution >= 4 is 17.3 Å². The van der Waals surface area contributed by atoms with Crippen molar-refractivity contribution in [1.29, 1.82) is 0 Å². The molecule has 0 spiro atoms. The second-order valence-corrected chi connectivity index (χ2v) is 4.80. The first-order valence-corrected chi connectivity index (χ1v) is 6.84. The van der Waals surface area contributed by atoms with Gasteiger partial charge in [-0.25, -0.2) is 0 Å². The molecule has 0 aliphatic heterocycles. The molecule has 0 unspecified atom stereocenters. The standard InChI is InChI=1S/C16H18ClNO3/c1-19-12-6-4-5-11(7-12)10-18-14-8-13(17)15(20-2)9-16(14)21-3/h4-9,18H,10H2,1-3H3. The van der Waals surface area contributed by atoms with E-state index >= 15 is 0 Å². The van der Waals surface area contributed by atoms with Gasteiger partial charge in [-0.3, -0.25) is 0 Å². The molecule has 112 valence electrons. The highest BCUT2D eigenvalue weighted by Gasteiger charge is 2.09. The molecule has 5 heteroatoms. The number of methoxy groups -OCH3 is 3. The first-order valence-electron chi connectivity index (χ1n) is 6.46. The maximum absolute atomic E-state index is 6.15. The molecule has 2 aromatic carbocycles. The van der Waals surface area contributed by atoms with Crippen molar-refractivity contribution in [3.8, 4) is 17.2 Å². The fraction of sp³-hybridized carbons (Fsp3) is 0.250. The summed E-state index contributed by atoms with van der Waals surface area (Å²) in [5.74, 6) is 2.09. The smallest absolute Gasteiger partial charge is 0.145 e. The first-order chi connectivity index (χ1) is 10.2. The van der Waals surface area contributed by atoms with Crippen LogP contribution >= 0.6 is 11.6 Å². The molecule has 0 aliphatic carbocycles. The molecule has 0 atom stereocenters. The minimum Gasteiger partial charge on any atom is -0.497 e. The van der Waals surface area contributed by atoms with E-state index in [0.717, 1.165) is 17.0 Å². The summed E-state index contributed by atoms with van der Waals surface area (Å²) in [6, 6.07) is 11.4. The second kappa shape index (κ2) is 7.09. The van der Waals surface area contributed by atoms with Gasteiger partial charge in [0.25, 0.3) is 0 Å². The molecule has 0 radical (unpaired) electrons. The van der Waals surface area contributed by atoms with Crippen molar-refractivity contribution in [3.05, 3.63) is 47.0 Å². The third-order valence-corrected chi connectivity index (χ3v) is 3.39. The lowest BCUT2D eigenvalue weighted by Gasteiger charge is -2.14. The molecule has 4 nitrogen and oxygen atoms in total. The number of anilines is 1. The van der Waals surface area contributed by atoms with Crippen LogP contribution in [0.1, 0.15) is 5.56 Å². The summed E-state index contributed by atoms with van der Waals surface area (Å²) < 4.78 is 15.7. The third-order valence-electron chi connectivity index (χ3n) is 3.09. The average Bonchev–Trinajstić information content (AvgIpc) is 2.53. The maximum Gasteiger partial charge on any atom is 0.145 e. The van der Waals surface area contributed by atoms with E-state index in [1.54, 1.807) is 33.5 Å². The largest absolute Gasteiger partial charge is 0.497 e. The van der Waals surface area contributed by atoms with Gasteiger partial charge in [0, 0.05) is 12.6 Å². The van der Waals surface area contributed by atoms with E-state index in [0.29, 0.717) is 23.1 Å². The molecule has 1 N–H and O–H groups in total. The van der Waals surface area contributed by atoms with Gasteiger partial charge >= 0.3 is 0 Å². The molecule has 0 amide bonds. The van der Waals surface area contributed by atoms with Crippen LogP contribution in [0.15, 0.2) is 36.4 Å². The molecule has 0 aliphatic rings. The zero-order valence-corrected chi connectivity index (χ0v) is 13.0. The Kier molecular flexibility index (Phi) is 5.17. The molecular formula is C16H18ClNO3. The zero-order chi connectivity index (χ0) is 15.2. The van der Waals surface area contributed by atoms with Gasteiger partial charge in [0.2, 0.25) is 0 Å². The fourth-order valence-electron chi connectivity index (χ4n) is 1.98. The van der Waals surface area contributed by atoms with Crippen molar-refractivity contribution in [1.82, 2.24) is 0 Å². The Morgan fingerprint density at radius 3 is 2.38 bits per heavy atom. The van der Waals surface area contributed by atoms with E-state index in [1.165, 1.54) is 0 Å². The van der Waals surface area contributed by atoms with Gasteiger partial charge in [0.05, 0.1) is 32.0 Å². The summed E-state index contributed by atoms with van der Waals surface area (Å²) in [6.45, 7) is 0.635. The predicted molar refractivity (Wildman–Crippen MR) is 84.9 cm³/mol. The minimum atomic E-state index is 0.534. The highest BCUT2D eigenvalue weighted by atomic mass is 35.5. The highest BCUT2D eigenvalue weighted by Crippen LogP contribution is 2.36. The number of hydrogen-bond acceptors (Lipinski definition) is 4.